The molecule has 0 N–H and O–H groups in total. The third kappa shape index (κ3) is 1.84. The maximum Gasteiger partial charge on any atom is 0.227 e. The number of halogens is 1. The minimum Gasteiger partial charge on any atom is -0.295 e. The van der Waals surface area contributed by atoms with Gasteiger partial charge in [-0.3, -0.25) is 4.79 Å². The second-order valence-electron chi connectivity index (χ2n) is 2.09. The van der Waals surface area contributed by atoms with Crippen LogP contribution >= 0.6 is 0 Å². The van der Waals surface area contributed by atoms with E-state index in [2.05, 4.69) is 11.8 Å². The molecule has 0 fully saturated rings. The van der Waals surface area contributed by atoms with Crippen LogP contribution in [-0.2, 0) is 4.79 Å². The SMILES string of the molecule is CC#CC(F)(CC)C(C)=O. The number of hydrogen-bond acceptors (Lipinski definition) is 1. The van der Waals surface area contributed by atoms with Crippen molar-refractivity contribution in [1.29, 1.82) is 0 Å². The molecule has 0 spiro atoms. The first-order valence-corrected chi connectivity index (χ1v) is 3.20. The van der Waals surface area contributed by atoms with Gasteiger partial charge in [-0.25, -0.2) is 4.39 Å². The molecular weight excluding hydrogens is 131 g/mol. The minimum absolute atomic E-state index is 0.128. The number of hydrogen-bond donors (Lipinski definition) is 0. The lowest BCUT2D eigenvalue weighted by Crippen LogP contribution is -2.28. The third-order valence-corrected chi connectivity index (χ3v) is 1.37. The molecule has 56 valence electrons. The molecule has 0 bridgehead atoms. The topological polar surface area (TPSA) is 17.1 Å². The maximum absolute atomic E-state index is 13.1. The molecule has 2 heteroatoms. The quantitative estimate of drug-likeness (QED) is 0.536. The van der Waals surface area contributed by atoms with Crippen LogP contribution in [0.5, 0.6) is 0 Å². The molecule has 0 aliphatic rings. The molecule has 0 aliphatic carbocycles. The summed E-state index contributed by atoms with van der Waals surface area (Å²) in [5, 5.41) is 0. The zero-order chi connectivity index (χ0) is 8.20. The number of carbonyl (C=O) groups excluding carboxylic acids is 1. The van der Waals surface area contributed by atoms with Crippen LogP contribution in [0.4, 0.5) is 4.39 Å². The Labute approximate surface area is 60.6 Å². The van der Waals surface area contributed by atoms with Crippen molar-refractivity contribution in [2.45, 2.75) is 32.9 Å². The first-order valence-electron chi connectivity index (χ1n) is 3.20. The Balaban J connectivity index is 4.49. The second-order valence-corrected chi connectivity index (χ2v) is 2.09. The van der Waals surface area contributed by atoms with E-state index in [0.717, 1.165) is 0 Å². The molecule has 0 aromatic rings. The fourth-order valence-corrected chi connectivity index (χ4v) is 0.623. The van der Waals surface area contributed by atoms with Gasteiger partial charge in [0.25, 0.3) is 0 Å². The van der Waals surface area contributed by atoms with Gasteiger partial charge in [0.1, 0.15) is 0 Å². The van der Waals surface area contributed by atoms with E-state index in [4.69, 9.17) is 0 Å². The molecule has 0 aromatic heterocycles. The van der Waals surface area contributed by atoms with Crippen LogP contribution in [0.1, 0.15) is 27.2 Å². The highest BCUT2D eigenvalue weighted by atomic mass is 19.1. The lowest BCUT2D eigenvalue weighted by atomic mass is 9.99. The van der Waals surface area contributed by atoms with Gasteiger partial charge in [0.2, 0.25) is 5.67 Å². The van der Waals surface area contributed by atoms with Crippen molar-refractivity contribution in [1.82, 2.24) is 0 Å². The normalized spacial score (nSPS) is 14.8. The predicted octanol–water partition coefficient (Wildman–Crippen LogP) is 1.72. The lowest BCUT2D eigenvalue weighted by molar-refractivity contribution is -0.125. The van der Waals surface area contributed by atoms with Crippen molar-refractivity contribution in [2.24, 2.45) is 0 Å². The average Bonchev–Trinajstić information content (AvgIpc) is 1.88. The summed E-state index contributed by atoms with van der Waals surface area (Å²) in [5.74, 6) is 4.13. The molecule has 0 radical (unpaired) electrons. The van der Waals surface area contributed by atoms with Crippen molar-refractivity contribution in [3.63, 3.8) is 0 Å². The van der Waals surface area contributed by atoms with Crippen molar-refractivity contribution in [3.05, 3.63) is 0 Å². The predicted molar refractivity (Wildman–Crippen MR) is 38.3 cm³/mol. The van der Waals surface area contributed by atoms with Gasteiger partial charge < -0.3 is 0 Å². The highest BCUT2D eigenvalue weighted by Crippen LogP contribution is 2.15. The molecule has 0 saturated heterocycles. The fourth-order valence-electron chi connectivity index (χ4n) is 0.623. The largest absolute Gasteiger partial charge is 0.295 e. The summed E-state index contributed by atoms with van der Waals surface area (Å²) in [6, 6.07) is 0. The van der Waals surface area contributed by atoms with Crippen molar-refractivity contribution in [3.8, 4) is 11.8 Å². The Morgan fingerprint density at radius 2 is 2.20 bits per heavy atom. The first-order chi connectivity index (χ1) is 4.56. The number of ketones is 1. The molecule has 10 heavy (non-hydrogen) atoms. The summed E-state index contributed by atoms with van der Waals surface area (Å²) in [7, 11) is 0. The molecule has 1 unspecified atom stereocenters. The fraction of sp³-hybridized carbons (Fsp3) is 0.625. The molecule has 0 saturated carbocycles. The third-order valence-electron chi connectivity index (χ3n) is 1.37. The zero-order valence-corrected chi connectivity index (χ0v) is 6.49. The van der Waals surface area contributed by atoms with Crippen molar-refractivity contribution < 1.29 is 9.18 Å². The van der Waals surface area contributed by atoms with Crippen LogP contribution < -0.4 is 0 Å². The zero-order valence-electron chi connectivity index (χ0n) is 6.49. The van der Waals surface area contributed by atoms with Gasteiger partial charge >= 0.3 is 0 Å². The molecule has 0 rings (SSSR count). The van der Waals surface area contributed by atoms with Gasteiger partial charge in [0.15, 0.2) is 5.78 Å². The van der Waals surface area contributed by atoms with E-state index >= 15 is 0 Å². The smallest absolute Gasteiger partial charge is 0.227 e. The monoisotopic (exact) mass is 142 g/mol. The Bertz CT molecular complexity index is 187. The van der Waals surface area contributed by atoms with Crippen molar-refractivity contribution in [2.75, 3.05) is 0 Å². The van der Waals surface area contributed by atoms with Gasteiger partial charge in [-0.2, -0.15) is 0 Å². The van der Waals surface area contributed by atoms with Gasteiger partial charge in [0.05, 0.1) is 0 Å². The summed E-state index contributed by atoms with van der Waals surface area (Å²) in [6.45, 7) is 4.34. The van der Waals surface area contributed by atoms with E-state index in [1.807, 2.05) is 0 Å². The van der Waals surface area contributed by atoms with Gasteiger partial charge in [0, 0.05) is 0 Å². The summed E-state index contributed by atoms with van der Waals surface area (Å²) in [4.78, 5) is 10.6. The molecule has 1 atom stereocenters. The van der Waals surface area contributed by atoms with E-state index < -0.39 is 11.5 Å². The number of rotatable bonds is 2. The highest BCUT2D eigenvalue weighted by Gasteiger charge is 2.30. The van der Waals surface area contributed by atoms with Crippen LogP contribution in [-0.4, -0.2) is 11.5 Å². The minimum atomic E-state index is -1.91. The summed E-state index contributed by atoms with van der Waals surface area (Å²) < 4.78 is 13.1. The lowest BCUT2D eigenvalue weighted by Gasteiger charge is -2.11. The van der Waals surface area contributed by atoms with Crippen LogP contribution in [0, 0.1) is 11.8 Å². The van der Waals surface area contributed by atoms with E-state index in [-0.39, 0.29) is 6.42 Å². The Kier molecular flexibility index (Phi) is 3.08. The molecule has 0 aromatic carbocycles. The first kappa shape index (κ1) is 9.16. The summed E-state index contributed by atoms with van der Waals surface area (Å²) in [5.41, 5.74) is -1.91. The number of Topliss-reactive ketones (excluding diaryl/α,β-unsaturated/α-hetero) is 1. The van der Waals surface area contributed by atoms with E-state index in [0.29, 0.717) is 0 Å². The van der Waals surface area contributed by atoms with Crippen LogP contribution in [0.15, 0.2) is 0 Å². The number of alkyl halides is 1. The van der Waals surface area contributed by atoms with Crippen molar-refractivity contribution >= 4 is 5.78 Å². The van der Waals surface area contributed by atoms with E-state index in [1.54, 1.807) is 6.92 Å². The standard InChI is InChI=1S/C8H11FO/c1-4-6-8(9,5-2)7(3)10/h5H2,1-3H3. The van der Waals surface area contributed by atoms with Crippen LogP contribution in [0.3, 0.4) is 0 Å². The summed E-state index contributed by atoms with van der Waals surface area (Å²) in [6.07, 6.45) is 0.128. The Morgan fingerprint density at radius 3 is 2.30 bits per heavy atom. The molecule has 0 aliphatic heterocycles. The molecule has 1 nitrogen and oxygen atoms in total. The average molecular weight is 142 g/mol. The second kappa shape index (κ2) is 3.36. The van der Waals surface area contributed by atoms with E-state index in [9.17, 15) is 9.18 Å². The summed E-state index contributed by atoms with van der Waals surface area (Å²) >= 11 is 0. The van der Waals surface area contributed by atoms with Gasteiger partial charge in [-0.1, -0.05) is 12.8 Å². The van der Waals surface area contributed by atoms with E-state index in [1.165, 1.54) is 13.8 Å². The van der Waals surface area contributed by atoms with Gasteiger partial charge in [-0.15, -0.1) is 5.92 Å². The van der Waals surface area contributed by atoms with Crippen LogP contribution in [0.25, 0.3) is 0 Å². The molecule has 0 amide bonds. The Hall–Kier alpha value is -0.840. The Morgan fingerprint density at radius 1 is 1.70 bits per heavy atom. The van der Waals surface area contributed by atoms with Gasteiger partial charge in [-0.05, 0) is 20.3 Å². The number of carbonyl (C=O) groups is 1. The highest BCUT2D eigenvalue weighted by molar-refractivity contribution is 5.88. The molecular formula is C8H11FO. The molecule has 0 heterocycles. The maximum atomic E-state index is 13.1. The van der Waals surface area contributed by atoms with Crippen LogP contribution in [0.2, 0.25) is 0 Å².